The van der Waals surface area contributed by atoms with E-state index in [1.54, 1.807) is 38.1 Å². The number of thiazole rings is 1. The van der Waals surface area contributed by atoms with Crippen molar-refractivity contribution in [3.8, 4) is 10.6 Å². The molecule has 0 saturated carbocycles. The summed E-state index contributed by atoms with van der Waals surface area (Å²) >= 11 is 5.42. The van der Waals surface area contributed by atoms with Gasteiger partial charge in [0.25, 0.3) is 0 Å². The first-order chi connectivity index (χ1) is 12.7. The third-order valence-electron chi connectivity index (χ3n) is 3.65. The molecule has 0 saturated heterocycles. The number of rotatable bonds is 5. The van der Waals surface area contributed by atoms with Gasteiger partial charge in [-0.05, 0) is 50.2 Å². The lowest BCUT2D eigenvalue weighted by atomic mass is 10.2. The summed E-state index contributed by atoms with van der Waals surface area (Å²) in [6.45, 7) is 3.48. The smallest absolute Gasteiger partial charge is 0.246 e. The fraction of sp³-hybridized carbons (Fsp3) is 0.167. The van der Waals surface area contributed by atoms with Crippen molar-refractivity contribution in [1.29, 1.82) is 0 Å². The Balaban J connectivity index is 2.18. The van der Waals surface area contributed by atoms with Gasteiger partial charge in [-0.2, -0.15) is 0 Å². The van der Waals surface area contributed by atoms with E-state index in [2.05, 4.69) is 4.98 Å². The van der Waals surface area contributed by atoms with Gasteiger partial charge in [0, 0.05) is 21.8 Å². The second kappa shape index (κ2) is 7.89. The van der Waals surface area contributed by atoms with Crippen LogP contribution in [-0.4, -0.2) is 23.2 Å². The van der Waals surface area contributed by atoms with Crippen molar-refractivity contribution in [2.45, 2.75) is 33.2 Å². The molecule has 0 bridgehead atoms. The molecule has 4 nitrogen and oxygen atoms in total. The minimum atomic E-state index is -4.05. The molecule has 0 aliphatic heterocycles. The average Bonchev–Trinajstić information content (AvgIpc) is 3.08. The van der Waals surface area contributed by atoms with Crippen molar-refractivity contribution in [1.82, 2.24) is 4.98 Å². The van der Waals surface area contributed by atoms with Crippen LogP contribution in [0.4, 0.5) is 4.39 Å². The highest BCUT2D eigenvalue weighted by atomic mass is 35.5. The van der Waals surface area contributed by atoms with Crippen molar-refractivity contribution in [2.75, 3.05) is 0 Å². The lowest BCUT2D eigenvalue weighted by Gasteiger charge is -2.13. The Morgan fingerprint density at radius 1 is 1.11 bits per heavy atom. The van der Waals surface area contributed by atoms with Crippen LogP contribution in [0.5, 0.6) is 0 Å². The number of nitrogens with zero attached hydrogens (tertiary/aromatic N) is 1. The summed E-state index contributed by atoms with van der Waals surface area (Å²) in [6, 6.07) is 11.3. The quantitative estimate of drug-likeness (QED) is 0.413. The van der Waals surface area contributed by atoms with E-state index in [-0.39, 0.29) is 19.4 Å². The van der Waals surface area contributed by atoms with Crippen LogP contribution in [0.25, 0.3) is 10.6 Å². The first-order valence-electron chi connectivity index (χ1n) is 7.88. The van der Waals surface area contributed by atoms with Crippen LogP contribution in [0.1, 0.15) is 13.8 Å². The van der Waals surface area contributed by atoms with Crippen molar-refractivity contribution in [3.05, 3.63) is 59.4 Å². The molecule has 1 atom stereocenters. The number of hydrogen-bond donors (Lipinski definition) is 0. The Bertz CT molecular complexity index is 1050. The molecule has 1 unspecified atom stereocenters. The SMILES string of the molecule is CC(C)[S+]([O-])c1sc(-c2ccc(Cl)cc2)nc1S(=O)(=O)c1ccc(F)cc1. The fourth-order valence-electron chi connectivity index (χ4n) is 2.24. The largest absolute Gasteiger partial charge is 0.611 e. The van der Waals surface area contributed by atoms with Gasteiger partial charge in [0.15, 0.2) is 0 Å². The topological polar surface area (TPSA) is 70.1 Å². The normalized spacial score (nSPS) is 13.1. The first kappa shape index (κ1) is 20.3. The van der Waals surface area contributed by atoms with Crippen LogP contribution in [0, 0.1) is 5.82 Å². The Kier molecular flexibility index (Phi) is 5.93. The summed E-state index contributed by atoms with van der Waals surface area (Å²) in [7, 11) is -4.05. The van der Waals surface area contributed by atoms with E-state index >= 15 is 0 Å². The zero-order chi connectivity index (χ0) is 19.8. The van der Waals surface area contributed by atoms with Crippen molar-refractivity contribution < 1.29 is 17.4 Å². The van der Waals surface area contributed by atoms with Crippen LogP contribution in [-0.2, 0) is 21.0 Å². The summed E-state index contributed by atoms with van der Waals surface area (Å²) in [5.41, 5.74) is 0.673. The maximum atomic E-state index is 13.2. The molecule has 142 valence electrons. The van der Waals surface area contributed by atoms with E-state index in [4.69, 9.17) is 11.6 Å². The number of aromatic nitrogens is 1. The predicted molar refractivity (Wildman–Crippen MR) is 106 cm³/mol. The molecule has 0 aliphatic rings. The van der Waals surface area contributed by atoms with Gasteiger partial charge < -0.3 is 4.55 Å². The van der Waals surface area contributed by atoms with Gasteiger partial charge in [-0.3, -0.25) is 0 Å². The molecule has 2 aromatic carbocycles. The van der Waals surface area contributed by atoms with E-state index < -0.39 is 26.8 Å². The molecule has 3 aromatic rings. The minimum absolute atomic E-state index is 0.0983. The van der Waals surface area contributed by atoms with Crippen LogP contribution in [0.2, 0.25) is 5.02 Å². The fourth-order valence-corrected chi connectivity index (χ4v) is 7.09. The number of benzene rings is 2. The van der Waals surface area contributed by atoms with Gasteiger partial charge in [0.2, 0.25) is 19.1 Å². The zero-order valence-electron chi connectivity index (χ0n) is 14.3. The van der Waals surface area contributed by atoms with E-state index in [9.17, 15) is 17.4 Å². The number of sulfone groups is 1. The standard InChI is InChI=1S/C18H15ClFNO3S3/c1-11(2)26(22)18-17(27(23,24)15-9-7-14(20)8-10-15)21-16(25-18)12-3-5-13(19)6-4-12/h3-11H,1-2H3. The van der Waals surface area contributed by atoms with Gasteiger partial charge in [0.1, 0.15) is 16.1 Å². The molecule has 27 heavy (non-hydrogen) atoms. The van der Waals surface area contributed by atoms with E-state index in [1.807, 2.05) is 0 Å². The van der Waals surface area contributed by atoms with Crippen molar-refractivity contribution in [3.63, 3.8) is 0 Å². The summed E-state index contributed by atoms with van der Waals surface area (Å²) in [5, 5.41) is 0.429. The second-order valence-corrected chi connectivity index (χ2v) is 11.4. The summed E-state index contributed by atoms with van der Waals surface area (Å²) < 4.78 is 52.2. The Hall–Kier alpha value is -1.45. The molecular formula is C18H15ClFNO3S3. The summed E-state index contributed by atoms with van der Waals surface area (Å²) in [4.78, 5) is 4.19. The van der Waals surface area contributed by atoms with Crippen molar-refractivity contribution >= 4 is 44.0 Å². The third kappa shape index (κ3) is 4.20. The molecule has 0 fully saturated rings. The highest BCUT2D eigenvalue weighted by Crippen LogP contribution is 2.38. The van der Waals surface area contributed by atoms with E-state index in [1.165, 1.54) is 12.1 Å². The van der Waals surface area contributed by atoms with Gasteiger partial charge >= 0.3 is 0 Å². The van der Waals surface area contributed by atoms with Crippen molar-refractivity contribution in [2.24, 2.45) is 0 Å². The van der Waals surface area contributed by atoms with Crippen LogP contribution in [0.15, 0.2) is 62.7 Å². The highest BCUT2D eigenvalue weighted by Gasteiger charge is 2.34. The maximum absolute atomic E-state index is 13.2. The molecule has 3 rings (SSSR count). The number of hydrogen-bond acceptors (Lipinski definition) is 5. The monoisotopic (exact) mass is 443 g/mol. The molecule has 1 heterocycles. The lowest BCUT2D eigenvalue weighted by Crippen LogP contribution is -2.16. The molecule has 0 aliphatic carbocycles. The molecule has 1 aromatic heterocycles. The van der Waals surface area contributed by atoms with Crippen LogP contribution in [0.3, 0.4) is 0 Å². The molecule has 0 radical (unpaired) electrons. The molecule has 0 amide bonds. The Morgan fingerprint density at radius 3 is 2.26 bits per heavy atom. The highest BCUT2D eigenvalue weighted by molar-refractivity contribution is 7.96. The number of halogens is 2. The van der Waals surface area contributed by atoms with Crippen LogP contribution < -0.4 is 0 Å². The van der Waals surface area contributed by atoms with E-state index in [0.717, 1.165) is 23.5 Å². The average molecular weight is 444 g/mol. The van der Waals surface area contributed by atoms with Gasteiger partial charge in [-0.25, -0.2) is 17.8 Å². The van der Waals surface area contributed by atoms with Gasteiger partial charge in [-0.15, -0.1) is 0 Å². The van der Waals surface area contributed by atoms with Crippen LogP contribution >= 0.6 is 22.9 Å². The maximum Gasteiger partial charge on any atom is 0.246 e. The molecule has 9 heteroatoms. The lowest BCUT2D eigenvalue weighted by molar-refractivity contribution is 0.577. The van der Waals surface area contributed by atoms with E-state index in [0.29, 0.717) is 15.6 Å². The first-order valence-corrected chi connectivity index (χ1v) is 11.8. The molecule has 0 N–H and O–H groups in total. The Morgan fingerprint density at radius 2 is 1.70 bits per heavy atom. The summed E-state index contributed by atoms with van der Waals surface area (Å²) in [5.74, 6) is -0.542. The second-order valence-electron chi connectivity index (χ2n) is 5.92. The Labute approximate surface area is 169 Å². The molecular weight excluding hydrogens is 429 g/mol. The zero-order valence-corrected chi connectivity index (χ0v) is 17.6. The minimum Gasteiger partial charge on any atom is -0.611 e. The predicted octanol–water partition coefficient (Wildman–Crippen LogP) is 4.95. The van der Waals surface area contributed by atoms with Gasteiger partial charge in [-0.1, -0.05) is 35.1 Å². The summed E-state index contributed by atoms with van der Waals surface area (Å²) in [6.07, 6.45) is 0. The van der Waals surface area contributed by atoms with Gasteiger partial charge in [0.05, 0.1) is 4.90 Å². The molecule has 0 spiro atoms. The third-order valence-corrected chi connectivity index (χ3v) is 8.91.